The van der Waals surface area contributed by atoms with Crippen molar-refractivity contribution in [3.63, 3.8) is 0 Å². The fourth-order valence-corrected chi connectivity index (χ4v) is 3.53. The number of amides is 1. The van der Waals surface area contributed by atoms with Gasteiger partial charge in [-0.3, -0.25) is 9.52 Å². The van der Waals surface area contributed by atoms with Crippen molar-refractivity contribution in [2.45, 2.75) is 4.90 Å². The van der Waals surface area contributed by atoms with Gasteiger partial charge in [-0.2, -0.15) is 0 Å². The van der Waals surface area contributed by atoms with Crippen molar-refractivity contribution in [2.75, 3.05) is 24.4 Å². The van der Waals surface area contributed by atoms with Crippen molar-refractivity contribution in [1.29, 1.82) is 0 Å². The van der Waals surface area contributed by atoms with Crippen LogP contribution in [-0.2, 0) is 19.6 Å². The molecule has 0 saturated carbocycles. The van der Waals surface area contributed by atoms with Gasteiger partial charge in [-0.15, -0.1) is 13.2 Å². The topological polar surface area (TPSA) is 92.8 Å². The molecule has 0 fully saturated rings. The molecule has 0 bridgehead atoms. The van der Waals surface area contributed by atoms with E-state index in [2.05, 4.69) is 17.9 Å². The zero-order valence-electron chi connectivity index (χ0n) is 16.1. The summed E-state index contributed by atoms with van der Waals surface area (Å²) in [6, 6.07) is 10.0. The van der Waals surface area contributed by atoms with Gasteiger partial charge in [-0.05, 0) is 36.4 Å². The highest BCUT2D eigenvalue weighted by Gasteiger charge is 2.21. The average Bonchev–Trinajstić information content (AvgIpc) is 2.72. The van der Waals surface area contributed by atoms with Crippen LogP contribution in [0.1, 0.15) is 10.4 Å². The lowest BCUT2D eigenvalue weighted by molar-refractivity contribution is -0.133. The van der Waals surface area contributed by atoms with Crippen LogP contribution in [0.25, 0.3) is 0 Å². The van der Waals surface area contributed by atoms with E-state index in [0.29, 0.717) is 0 Å². The Labute approximate surface area is 174 Å². The molecule has 2 rings (SSSR count). The molecule has 2 aromatic rings. The molecule has 0 heterocycles. The summed E-state index contributed by atoms with van der Waals surface area (Å²) in [4.78, 5) is 25.9. The van der Waals surface area contributed by atoms with Gasteiger partial charge in [0.2, 0.25) is 0 Å². The quantitative estimate of drug-likeness (QED) is 0.460. The summed E-state index contributed by atoms with van der Waals surface area (Å²) in [5, 5.41) is 0. The summed E-state index contributed by atoms with van der Waals surface area (Å²) in [6.07, 6.45) is 3.06. The number of carbonyl (C=O) groups is 2. The van der Waals surface area contributed by atoms with Crippen LogP contribution >= 0.6 is 0 Å². The predicted molar refractivity (Wildman–Crippen MR) is 111 cm³/mol. The summed E-state index contributed by atoms with van der Waals surface area (Å²) in [5.74, 6) is -1.91. The Kier molecular flexibility index (Phi) is 7.88. The lowest BCUT2D eigenvalue weighted by atomic mass is 10.2. The van der Waals surface area contributed by atoms with Crippen LogP contribution in [0.4, 0.5) is 10.1 Å². The van der Waals surface area contributed by atoms with E-state index in [0.717, 1.165) is 24.3 Å². The molecule has 0 spiro atoms. The third-order valence-electron chi connectivity index (χ3n) is 3.89. The average molecular weight is 432 g/mol. The van der Waals surface area contributed by atoms with Crippen molar-refractivity contribution < 1.29 is 27.1 Å². The van der Waals surface area contributed by atoms with Gasteiger partial charge in [0.05, 0.1) is 16.1 Å². The van der Waals surface area contributed by atoms with Gasteiger partial charge in [-0.25, -0.2) is 17.6 Å². The van der Waals surface area contributed by atoms with E-state index < -0.39 is 34.3 Å². The lowest BCUT2D eigenvalue weighted by Gasteiger charge is -2.19. The molecule has 0 aliphatic rings. The van der Waals surface area contributed by atoms with E-state index >= 15 is 0 Å². The normalized spacial score (nSPS) is 10.7. The Balaban J connectivity index is 2.15. The summed E-state index contributed by atoms with van der Waals surface area (Å²) < 4.78 is 45.4. The van der Waals surface area contributed by atoms with E-state index in [1.807, 2.05) is 0 Å². The molecule has 0 aromatic heterocycles. The molecule has 1 amide bonds. The van der Waals surface area contributed by atoms with Crippen molar-refractivity contribution in [1.82, 2.24) is 4.90 Å². The Hall–Kier alpha value is -3.46. The standard InChI is InChI=1S/C21H21FN2O5S/c1-3-13-24(14-4-2)20(25)15-29-21(26)18-7-5-6-8-19(18)23-30(27,28)17-11-9-16(22)10-12-17/h3-12,23H,1-2,13-15H2. The maximum atomic E-state index is 13.1. The second kappa shape index (κ2) is 10.4. The maximum absolute atomic E-state index is 13.1. The van der Waals surface area contributed by atoms with Crippen molar-refractivity contribution in [3.05, 3.63) is 85.2 Å². The number of carbonyl (C=O) groups excluding carboxylic acids is 2. The second-order valence-corrected chi connectivity index (χ2v) is 7.74. The molecule has 2 aromatic carbocycles. The van der Waals surface area contributed by atoms with Crippen LogP contribution in [0.5, 0.6) is 0 Å². The van der Waals surface area contributed by atoms with Crippen LogP contribution in [0.15, 0.2) is 78.7 Å². The zero-order chi connectivity index (χ0) is 22.1. The van der Waals surface area contributed by atoms with Crippen LogP contribution in [0.3, 0.4) is 0 Å². The molecule has 0 aliphatic carbocycles. The Morgan fingerprint density at radius 1 is 1.03 bits per heavy atom. The fraction of sp³-hybridized carbons (Fsp3) is 0.143. The highest BCUT2D eigenvalue weighted by molar-refractivity contribution is 7.92. The number of nitrogens with one attached hydrogen (secondary N) is 1. The van der Waals surface area contributed by atoms with E-state index in [9.17, 15) is 22.4 Å². The van der Waals surface area contributed by atoms with Crippen molar-refractivity contribution >= 4 is 27.6 Å². The Morgan fingerprint density at radius 2 is 1.63 bits per heavy atom. The van der Waals surface area contributed by atoms with E-state index in [4.69, 9.17) is 4.74 Å². The fourth-order valence-electron chi connectivity index (χ4n) is 2.45. The molecule has 30 heavy (non-hydrogen) atoms. The smallest absolute Gasteiger partial charge is 0.340 e. The predicted octanol–water partition coefficient (Wildman–Crippen LogP) is 2.98. The minimum absolute atomic E-state index is 0.0340. The molecule has 0 saturated heterocycles. The number of hydrogen-bond acceptors (Lipinski definition) is 5. The first-order valence-corrected chi connectivity index (χ1v) is 10.3. The molecular weight excluding hydrogens is 411 g/mol. The number of benzene rings is 2. The lowest BCUT2D eigenvalue weighted by Crippen LogP contribution is -2.35. The summed E-state index contributed by atoms with van der Waals surface area (Å²) in [6.45, 7) is 7.12. The number of sulfonamides is 1. The monoisotopic (exact) mass is 432 g/mol. The summed E-state index contributed by atoms with van der Waals surface area (Å²) in [5.41, 5.74) is -0.108. The molecular formula is C21H21FN2O5S. The van der Waals surface area contributed by atoms with Crippen LogP contribution in [0, 0.1) is 5.82 Å². The van der Waals surface area contributed by atoms with Gasteiger partial charge < -0.3 is 9.64 Å². The second-order valence-electron chi connectivity index (χ2n) is 6.06. The number of ether oxygens (including phenoxy) is 1. The van der Waals surface area contributed by atoms with Gasteiger partial charge >= 0.3 is 5.97 Å². The molecule has 158 valence electrons. The number of esters is 1. The Morgan fingerprint density at radius 3 is 2.23 bits per heavy atom. The summed E-state index contributed by atoms with van der Waals surface area (Å²) in [7, 11) is -4.07. The first-order chi connectivity index (χ1) is 14.3. The number of para-hydroxylation sites is 1. The van der Waals surface area contributed by atoms with Crippen molar-refractivity contribution in [2.24, 2.45) is 0 Å². The molecule has 0 aliphatic heterocycles. The third kappa shape index (κ3) is 6.02. The molecule has 9 heteroatoms. The number of nitrogens with zero attached hydrogens (tertiary/aromatic N) is 1. The highest BCUT2D eigenvalue weighted by Crippen LogP contribution is 2.21. The molecule has 0 unspecified atom stereocenters. The molecule has 1 N–H and O–H groups in total. The van der Waals surface area contributed by atoms with E-state index in [-0.39, 0.29) is 29.2 Å². The molecule has 0 atom stereocenters. The minimum Gasteiger partial charge on any atom is -0.452 e. The van der Waals surface area contributed by atoms with Gasteiger partial charge in [0.25, 0.3) is 15.9 Å². The zero-order valence-corrected chi connectivity index (χ0v) is 16.9. The third-order valence-corrected chi connectivity index (χ3v) is 5.28. The van der Waals surface area contributed by atoms with E-state index in [1.165, 1.54) is 41.3 Å². The molecule has 0 radical (unpaired) electrons. The first-order valence-electron chi connectivity index (χ1n) is 8.82. The minimum atomic E-state index is -4.07. The Bertz CT molecular complexity index is 1030. The first kappa shape index (κ1) is 22.8. The molecule has 7 nitrogen and oxygen atoms in total. The maximum Gasteiger partial charge on any atom is 0.340 e. The highest BCUT2D eigenvalue weighted by atomic mass is 32.2. The number of anilines is 1. The summed E-state index contributed by atoms with van der Waals surface area (Å²) >= 11 is 0. The van der Waals surface area contributed by atoms with Crippen LogP contribution < -0.4 is 4.72 Å². The van der Waals surface area contributed by atoms with Gasteiger partial charge in [0, 0.05) is 13.1 Å². The SMILES string of the molecule is C=CCN(CC=C)C(=O)COC(=O)c1ccccc1NS(=O)(=O)c1ccc(F)cc1. The van der Waals surface area contributed by atoms with E-state index in [1.54, 1.807) is 0 Å². The number of rotatable bonds is 10. The largest absolute Gasteiger partial charge is 0.452 e. The number of hydrogen-bond donors (Lipinski definition) is 1. The van der Waals surface area contributed by atoms with Crippen molar-refractivity contribution in [3.8, 4) is 0 Å². The van der Waals surface area contributed by atoms with Gasteiger partial charge in [0.15, 0.2) is 6.61 Å². The van der Waals surface area contributed by atoms with Gasteiger partial charge in [-0.1, -0.05) is 24.3 Å². The van der Waals surface area contributed by atoms with Crippen LogP contribution in [-0.4, -0.2) is 44.9 Å². The van der Waals surface area contributed by atoms with Crippen LogP contribution in [0.2, 0.25) is 0 Å². The van der Waals surface area contributed by atoms with Gasteiger partial charge in [0.1, 0.15) is 5.82 Å². The number of halogens is 1.